The second-order valence-electron chi connectivity index (χ2n) is 12.3. The van der Waals surface area contributed by atoms with Gasteiger partial charge in [-0.05, 0) is 65.7 Å². The van der Waals surface area contributed by atoms with E-state index >= 15 is 0 Å². The molecule has 0 aliphatic rings. The number of aromatic nitrogens is 3. The van der Waals surface area contributed by atoms with Crippen LogP contribution in [0.25, 0.3) is 61.1 Å². The molecule has 0 radical (unpaired) electrons. The molecule has 2 aromatic heterocycles. The first kappa shape index (κ1) is 29.4. The van der Waals surface area contributed by atoms with Gasteiger partial charge in [-0.15, -0.1) is 0 Å². The molecule has 0 atom stereocenters. The zero-order valence-corrected chi connectivity index (χ0v) is 27.3. The summed E-state index contributed by atoms with van der Waals surface area (Å²) in [7, 11) is 0. The van der Waals surface area contributed by atoms with Crippen molar-refractivity contribution in [1.29, 1.82) is 0 Å². The third-order valence-electron chi connectivity index (χ3n) is 9.21. The number of hydrogen-bond acceptors (Lipinski definition) is 3. The van der Waals surface area contributed by atoms with Crippen LogP contribution in [0.2, 0.25) is 0 Å². The van der Waals surface area contributed by atoms with E-state index in [0.29, 0.717) is 5.95 Å². The third kappa shape index (κ3) is 5.39. The van der Waals surface area contributed by atoms with Crippen LogP contribution in [0.5, 0.6) is 0 Å². The average molecular weight is 641 g/mol. The molecule has 0 fully saturated rings. The van der Waals surface area contributed by atoms with Gasteiger partial charge >= 0.3 is 0 Å². The quantitative estimate of drug-likeness (QED) is 0.174. The highest BCUT2D eigenvalue weighted by Gasteiger charge is 2.21. The van der Waals surface area contributed by atoms with Crippen molar-refractivity contribution in [2.24, 2.45) is 0 Å². The van der Waals surface area contributed by atoms with E-state index in [1.54, 1.807) is 0 Å². The highest BCUT2D eigenvalue weighted by atomic mass is 15.3. The van der Waals surface area contributed by atoms with Gasteiger partial charge in [-0.1, -0.05) is 140 Å². The fourth-order valence-corrected chi connectivity index (χ4v) is 6.82. The molecule has 4 nitrogen and oxygen atoms in total. The van der Waals surface area contributed by atoms with Crippen molar-refractivity contribution in [2.45, 2.75) is 0 Å². The Morgan fingerprint density at radius 1 is 0.360 bits per heavy atom. The summed E-state index contributed by atoms with van der Waals surface area (Å²) in [5, 5.41) is 2.35. The van der Waals surface area contributed by atoms with Gasteiger partial charge in [0.2, 0.25) is 5.95 Å². The summed E-state index contributed by atoms with van der Waals surface area (Å²) in [5.41, 5.74) is 11.5. The molecule has 0 saturated heterocycles. The van der Waals surface area contributed by atoms with Crippen LogP contribution in [0.1, 0.15) is 0 Å². The summed E-state index contributed by atoms with van der Waals surface area (Å²) >= 11 is 0. The molecule has 0 aliphatic heterocycles. The van der Waals surface area contributed by atoms with Crippen LogP contribution in [0, 0.1) is 0 Å². The van der Waals surface area contributed by atoms with E-state index in [0.717, 1.165) is 56.0 Å². The lowest BCUT2D eigenvalue weighted by Crippen LogP contribution is -2.14. The first-order valence-electron chi connectivity index (χ1n) is 16.8. The Balaban J connectivity index is 1.28. The van der Waals surface area contributed by atoms with E-state index in [1.165, 1.54) is 16.5 Å². The van der Waals surface area contributed by atoms with E-state index < -0.39 is 0 Å². The summed E-state index contributed by atoms with van der Waals surface area (Å²) in [6, 6.07) is 67.8. The SMILES string of the molecule is c1ccc(-c2ccc(N(c3ccc4c(c3)c3ccccc3n4-c3ccccc3)c3nc(-c4ccccc4)cc(-c4ccccc4)n3)cc2)cc1. The molecular formula is C46H32N4. The van der Waals surface area contributed by atoms with E-state index in [9.17, 15) is 0 Å². The molecule has 4 heteroatoms. The number of nitrogens with zero attached hydrogens (tertiary/aromatic N) is 4. The second-order valence-corrected chi connectivity index (χ2v) is 12.3. The zero-order valence-electron chi connectivity index (χ0n) is 27.3. The normalized spacial score (nSPS) is 11.2. The molecule has 7 aromatic carbocycles. The van der Waals surface area contributed by atoms with Gasteiger partial charge in [-0.25, -0.2) is 9.97 Å². The van der Waals surface area contributed by atoms with Crippen LogP contribution in [0.4, 0.5) is 17.3 Å². The number of anilines is 3. The molecule has 0 N–H and O–H groups in total. The van der Waals surface area contributed by atoms with Gasteiger partial charge in [0.05, 0.1) is 22.4 Å². The van der Waals surface area contributed by atoms with E-state index in [2.05, 4.69) is 185 Å². The Labute approximate surface area is 291 Å². The van der Waals surface area contributed by atoms with Gasteiger partial charge in [0.15, 0.2) is 0 Å². The third-order valence-corrected chi connectivity index (χ3v) is 9.21. The summed E-state index contributed by atoms with van der Waals surface area (Å²) in [6.45, 7) is 0. The van der Waals surface area contributed by atoms with Crippen molar-refractivity contribution in [3.8, 4) is 39.3 Å². The number of hydrogen-bond donors (Lipinski definition) is 0. The van der Waals surface area contributed by atoms with Gasteiger partial charge in [0.1, 0.15) is 0 Å². The highest BCUT2D eigenvalue weighted by Crippen LogP contribution is 2.40. The molecule has 0 unspecified atom stereocenters. The highest BCUT2D eigenvalue weighted by molar-refractivity contribution is 6.10. The molecule has 0 amide bonds. The fourth-order valence-electron chi connectivity index (χ4n) is 6.82. The van der Waals surface area contributed by atoms with Crippen molar-refractivity contribution in [3.63, 3.8) is 0 Å². The van der Waals surface area contributed by atoms with E-state index in [1.807, 2.05) is 18.2 Å². The lowest BCUT2D eigenvalue weighted by atomic mass is 10.0. The molecule has 9 rings (SSSR count). The van der Waals surface area contributed by atoms with Gasteiger partial charge in [0, 0.05) is 39.0 Å². The van der Waals surface area contributed by atoms with Gasteiger partial charge in [-0.2, -0.15) is 0 Å². The number of benzene rings is 7. The van der Waals surface area contributed by atoms with Crippen molar-refractivity contribution in [3.05, 3.63) is 194 Å². The Hall–Kier alpha value is -6.78. The molecule has 9 aromatic rings. The Kier molecular flexibility index (Phi) is 7.45. The lowest BCUT2D eigenvalue weighted by Gasteiger charge is -2.25. The van der Waals surface area contributed by atoms with Crippen molar-refractivity contribution >= 4 is 39.1 Å². The summed E-state index contributed by atoms with van der Waals surface area (Å²) in [5.74, 6) is 0.601. The zero-order chi connectivity index (χ0) is 33.3. The predicted octanol–water partition coefficient (Wildman–Crippen LogP) is 12.0. The molecule has 0 bridgehead atoms. The average Bonchev–Trinajstić information content (AvgIpc) is 3.53. The molecule has 0 aliphatic carbocycles. The second kappa shape index (κ2) is 12.7. The van der Waals surface area contributed by atoms with Crippen LogP contribution in [-0.2, 0) is 0 Å². The molecular weight excluding hydrogens is 609 g/mol. The molecule has 0 spiro atoms. The number of fused-ring (bicyclic) bond motifs is 3. The van der Waals surface area contributed by atoms with Crippen molar-refractivity contribution in [2.75, 3.05) is 4.90 Å². The summed E-state index contributed by atoms with van der Waals surface area (Å²) in [6.07, 6.45) is 0. The number of rotatable bonds is 7. The minimum absolute atomic E-state index is 0.601. The Morgan fingerprint density at radius 3 is 1.46 bits per heavy atom. The molecule has 0 saturated carbocycles. The minimum atomic E-state index is 0.601. The minimum Gasteiger partial charge on any atom is -0.309 e. The first-order valence-corrected chi connectivity index (χ1v) is 16.8. The summed E-state index contributed by atoms with van der Waals surface area (Å²) in [4.78, 5) is 12.7. The van der Waals surface area contributed by atoms with Gasteiger partial charge in [0.25, 0.3) is 0 Å². The topological polar surface area (TPSA) is 34.0 Å². The lowest BCUT2D eigenvalue weighted by molar-refractivity contribution is 1.09. The van der Waals surface area contributed by atoms with Crippen LogP contribution in [0.15, 0.2) is 194 Å². The van der Waals surface area contributed by atoms with Crippen molar-refractivity contribution in [1.82, 2.24) is 14.5 Å². The van der Waals surface area contributed by atoms with Gasteiger partial charge in [-0.3, -0.25) is 4.90 Å². The Morgan fingerprint density at radius 2 is 0.840 bits per heavy atom. The maximum Gasteiger partial charge on any atom is 0.235 e. The van der Waals surface area contributed by atoms with Crippen LogP contribution in [-0.4, -0.2) is 14.5 Å². The molecule has 236 valence electrons. The monoisotopic (exact) mass is 640 g/mol. The maximum atomic E-state index is 5.27. The van der Waals surface area contributed by atoms with Crippen LogP contribution < -0.4 is 4.90 Å². The largest absolute Gasteiger partial charge is 0.309 e. The smallest absolute Gasteiger partial charge is 0.235 e. The van der Waals surface area contributed by atoms with Gasteiger partial charge < -0.3 is 4.57 Å². The van der Waals surface area contributed by atoms with Crippen molar-refractivity contribution < 1.29 is 0 Å². The fraction of sp³-hybridized carbons (Fsp3) is 0. The van der Waals surface area contributed by atoms with Crippen LogP contribution in [0.3, 0.4) is 0 Å². The standard InChI is InChI=1S/C46H32N4/c1-5-15-33(16-6-1)34-25-27-38(28-26-34)49(46-47-42(35-17-7-2-8-18-35)32-43(48-46)36-19-9-3-10-20-36)39-29-30-45-41(31-39)40-23-13-14-24-44(40)50(45)37-21-11-4-12-22-37/h1-32H. The molecule has 50 heavy (non-hydrogen) atoms. The van der Waals surface area contributed by atoms with E-state index in [4.69, 9.17) is 9.97 Å². The number of para-hydroxylation sites is 2. The Bertz CT molecular complexity index is 2500. The van der Waals surface area contributed by atoms with Crippen LogP contribution >= 0.6 is 0 Å². The maximum absolute atomic E-state index is 5.27. The van der Waals surface area contributed by atoms with E-state index in [-0.39, 0.29) is 0 Å². The predicted molar refractivity (Wildman–Crippen MR) is 207 cm³/mol. The molecule has 2 heterocycles. The first-order chi connectivity index (χ1) is 24.8. The summed E-state index contributed by atoms with van der Waals surface area (Å²) < 4.78 is 2.34.